The lowest BCUT2D eigenvalue weighted by atomic mass is 9.87. The van der Waals surface area contributed by atoms with E-state index in [1.54, 1.807) is 30.3 Å². The van der Waals surface area contributed by atoms with Crippen molar-refractivity contribution in [3.05, 3.63) is 29.8 Å². The van der Waals surface area contributed by atoms with E-state index in [4.69, 9.17) is 11.0 Å². The highest BCUT2D eigenvalue weighted by Crippen LogP contribution is 2.36. The molecule has 1 aliphatic heterocycles. The Bertz CT molecular complexity index is 504. The summed E-state index contributed by atoms with van der Waals surface area (Å²) in [6.07, 6.45) is 0. The van der Waals surface area contributed by atoms with Crippen LogP contribution in [0.3, 0.4) is 0 Å². The van der Waals surface area contributed by atoms with Gasteiger partial charge in [-0.25, -0.2) is 0 Å². The number of carbonyl (C=O) groups is 2. The summed E-state index contributed by atoms with van der Waals surface area (Å²) < 4.78 is 0. The van der Waals surface area contributed by atoms with Crippen LogP contribution in [-0.2, 0) is 9.59 Å². The summed E-state index contributed by atoms with van der Waals surface area (Å²) >= 11 is 0. The third kappa shape index (κ3) is 1.41. The minimum atomic E-state index is -1.12. The zero-order valence-electron chi connectivity index (χ0n) is 8.31. The van der Waals surface area contributed by atoms with Crippen molar-refractivity contribution in [2.75, 3.05) is 5.32 Å². The van der Waals surface area contributed by atoms with E-state index in [2.05, 4.69) is 5.32 Å². The highest BCUT2D eigenvalue weighted by atomic mass is 16.2. The molecule has 2 unspecified atom stereocenters. The number of hydrogen-bond acceptors (Lipinski definition) is 3. The van der Waals surface area contributed by atoms with Crippen LogP contribution >= 0.6 is 0 Å². The summed E-state index contributed by atoms with van der Waals surface area (Å²) in [4.78, 5) is 22.8. The van der Waals surface area contributed by atoms with Crippen molar-refractivity contribution in [2.24, 2.45) is 11.7 Å². The Morgan fingerprint density at radius 1 is 1.50 bits per heavy atom. The van der Waals surface area contributed by atoms with Gasteiger partial charge >= 0.3 is 0 Å². The quantitative estimate of drug-likeness (QED) is 0.744. The number of hydrogen-bond donors (Lipinski definition) is 2. The Balaban J connectivity index is 2.47. The number of nitrogens with zero attached hydrogens (tertiary/aromatic N) is 1. The fourth-order valence-corrected chi connectivity index (χ4v) is 1.87. The Morgan fingerprint density at radius 2 is 2.19 bits per heavy atom. The van der Waals surface area contributed by atoms with Crippen LogP contribution in [0.15, 0.2) is 24.3 Å². The second-order valence-corrected chi connectivity index (χ2v) is 3.56. The molecule has 5 heteroatoms. The molecular weight excluding hydrogens is 206 g/mol. The first kappa shape index (κ1) is 10.2. The van der Waals surface area contributed by atoms with E-state index in [-0.39, 0.29) is 5.91 Å². The van der Waals surface area contributed by atoms with E-state index < -0.39 is 17.7 Å². The molecule has 2 rings (SSSR count). The highest BCUT2D eigenvalue weighted by Gasteiger charge is 2.39. The molecule has 16 heavy (non-hydrogen) atoms. The van der Waals surface area contributed by atoms with Gasteiger partial charge in [0.1, 0.15) is 5.92 Å². The molecule has 0 saturated heterocycles. The molecule has 0 aliphatic carbocycles. The first-order chi connectivity index (χ1) is 7.65. The van der Waals surface area contributed by atoms with Crippen LogP contribution in [0.4, 0.5) is 5.69 Å². The zero-order chi connectivity index (χ0) is 11.7. The van der Waals surface area contributed by atoms with Crippen molar-refractivity contribution < 1.29 is 9.59 Å². The van der Waals surface area contributed by atoms with Gasteiger partial charge in [-0.3, -0.25) is 9.59 Å². The molecule has 1 aliphatic rings. The Morgan fingerprint density at radius 3 is 2.81 bits per heavy atom. The second-order valence-electron chi connectivity index (χ2n) is 3.56. The smallest absolute Gasteiger partial charge is 0.235 e. The first-order valence-corrected chi connectivity index (χ1v) is 4.74. The fraction of sp³-hybridized carbons (Fsp3) is 0.182. The summed E-state index contributed by atoms with van der Waals surface area (Å²) in [5, 5.41) is 11.5. The standard InChI is InChI=1S/C11H9N3O2/c12-5-7(10(13)15)9-6-3-1-2-4-8(6)14-11(9)16/h1-4,7,9H,(H2,13,15)(H,14,16). The summed E-state index contributed by atoms with van der Waals surface area (Å²) in [5.41, 5.74) is 6.39. The summed E-state index contributed by atoms with van der Waals surface area (Å²) in [6, 6.07) is 8.74. The van der Waals surface area contributed by atoms with Gasteiger partial charge in [-0.1, -0.05) is 18.2 Å². The van der Waals surface area contributed by atoms with E-state index in [0.29, 0.717) is 11.3 Å². The molecule has 1 heterocycles. The minimum absolute atomic E-state index is 0.355. The average Bonchev–Trinajstić information content (AvgIpc) is 2.57. The molecule has 0 bridgehead atoms. The molecule has 1 aromatic rings. The number of nitriles is 1. The second kappa shape index (κ2) is 3.66. The molecule has 2 atom stereocenters. The fourth-order valence-electron chi connectivity index (χ4n) is 1.87. The SMILES string of the molecule is N#CC(C(N)=O)C1C(=O)Nc2ccccc21. The molecule has 0 fully saturated rings. The van der Waals surface area contributed by atoms with Gasteiger partial charge in [0.2, 0.25) is 11.8 Å². The van der Waals surface area contributed by atoms with Gasteiger partial charge in [0.05, 0.1) is 12.0 Å². The number of carbonyl (C=O) groups excluding carboxylic acids is 2. The number of nitrogens with one attached hydrogen (secondary N) is 1. The van der Waals surface area contributed by atoms with Crippen molar-refractivity contribution in [2.45, 2.75) is 5.92 Å². The van der Waals surface area contributed by atoms with E-state index in [9.17, 15) is 9.59 Å². The largest absolute Gasteiger partial charge is 0.369 e. The molecule has 2 amide bonds. The van der Waals surface area contributed by atoms with Crippen LogP contribution in [0.25, 0.3) is 0 Å². The average molecular weight is 215 g/mol. The molecule has 5 nitrogen and oxygen atoms in total. The van der Waals surface area contributed by atoms with E-state index in [0.717, 1.165) is 0 Å². The van der Waals surface area contributed by atoms with Crippen LogP contribution in [0.2, 0.25) is 0 Å². The molecule has 1 aromatic carbocycles. The van der Waals surface area contributed by atoms with E-state index in [1.807, 2.05) is 0 Å². The van der Waals surface area contributed by atoms with Crippen LogP contribution in [0.5, 0.6) is 0 Å². The van der Waals surface area contributed by atoms with Crippen LogP contribution in [0.1, 0.15) is 11.5 Å². The molecule has 0 aromatic heterocycles. The number of rotatable bonds is 2. The maximum absolute atomic E-state index is 11.7. The zero-order valence-corrected chi connectivity index (χ0v) is 8.31. The third-order valence-electron chi connectivity index (χ3n) is 2.62. The van der Waals surface area contributed by atoms with Gasteiger partial charge in [0.15, 0.2) is 0 Å². The highest BCUT2D eigenvalue weighted by molar-refractivity contribution is 6.06. The van der Waals surface area contributed by atoms with Crippen molar-refractivity contribution in [1.29, 1.82) is 5.26 Å². The lowest BCUT2D eigenvalue weighted by Gasteiger charge is -2.11. The summed E-state index contributed by atoms with van der Waals surface area (Å²) in [6.45, 7) is 0. The van der Waals surface area contributed by atoms with Gasteiger partial charge in [0, 0.05) is 5.69 Å². The van der Waals surface area contributed by atoms with Crippen molar-refractivity contribution in [1.82, 2.24) is 0 Å². The Kier molecular flexibility index (Phi) is 2.33. The number of benzene rings is 1. The summed E-state index contributed by atoms with van der Waals surface area (Å²) in [7, 11) is 0. The monoisotopic (exact) mass is 215 g/mol. The lowest BCUT2D eigenvalue weighted by Crippen LogP contribution is -2.31. The van der Waals surface area contributed by atoms with Crippen LogP contribution in [-0.4, -0.2) is 11.8 Å². The number of para-hydroxylation sites is 1. The van der Waals surface area contributed by atoms with E-state index >= 15 is 0 Å². The van der Waals surface area contributed by atoms with Gasteiger partial charge < -0.3 is 11.1 Å². The van der Waals surface area contributed by atoms with Crippen molar-refractivity contribution >= 4 is 17.5 Å². The maximum atomic E-state index is 11.7. The predicted octanol–water partition coefficient (Wildman–Crippen LogP) is 0.347. The molecule has 80 valence electrons. The molecule has 0 radical (unpaired) electrons. The molecule has 0 spiro atoms. The molecule has 0 saturated carbocycles. The number of nitrogens with two attached hydrogens (primary N) is 1. The van der Waals surface area contributed by atoms with E-state index in [1.165, 1.54) is 0 Å². The predicted molar refractivity (Wildman–Crippen MR) is 56.1 cm³/mol. The third-order valence-corrected chi connectivity index (χ3v) is 2.62. The van der Waals surface area contributed by atoms with Crippen LogP contribution in [0, 0.1) is 17.2 Å². The lowest BCUT2D eigenvalue weighted by molar-refractivity contribution is -0.125. The van der Waals surface area contributed by atoms with Crippen LogP contribution < -0.4 is 11.1 Å². The van der Waals surface area contributed by atoms with Crippen molar-refractivity contribution in [3.8, 4) is 6.07 Å². The molecular formula is C11H9N3O2. The van der Waals surface area contributed by atoms with Crippen molar-refractivity contribution in [3.63, 3.8) is 0 Å². The summed E-state index contributed by atoms with van der Waals surface area (Å²) in [5.74, 6) is -3.05. The maximum Gasteiger partial charge on any atom is 0.235 e. The van der Waals surface area contributed by atoms with Gasteiger partial charge in [-0.2, -0.15) is 5.26 Å². The normalized spacial score (nSPS) is 19.4. The Hall–Kier alpha value is -2.35. The first-order valence-electron chi connectivity index (χ1n) is 4.74. The minimum Gasteiger partial charge on any atom is -0.369 e. The van der Waals surface area contributed by atoms with Gasteiger partial charge in [-0.05, 0) is 11.6 Å². The van der Waals surface area contributed by atoms with Gasteiger partial charge in [-0.15, -0.1) is 0 Å². The molecule has 3 N–H and O–H groups in total. The number of anilines is 1. The Labute approximate surface area is 91.9 Å². The number of primary amides is 1. The topological polar surface area (TPSA) is 96.0 Å². The number of fused-ring (bicyclic) bond motifs is 1. The number of amides is 2. The van der Waals surface area contributed by atoms with Gasteiger partial charge in [0.25, 0.3) is 0 Å².